The van der Waals surface area contributed by atoms with Crippen molar-refractivity contribution in [3.8, 4) is 5.75 Å². The van der Waals surface area contributed by atoms with Crippen molar-refractivity contribution in [3.63, 3.8) is 0 Å². The highest BCUT2D eigenvalue weighted by molar-refractivity contribution is 7.99. The maximum absolute atomic E-state index is 12.6. The minimum atomic E-state index is -0.341. The number of nitrogens with one attached hydrogen (secondary N) is 1. The number of para-hydroxylation sites is 2. The molecule has 3 aromatic carbocycles. The highest BCUT2D eigenvalue weighted by Crippen LogP contribution is 2.44. The Morgan fingerprint density at radius 3 is 2.68 bits per heavy atom. The molecule has 0 bridgehead atoms. The molecule has 1 fully saturated rings. The molecule has 0 spiro atoms. The molecule has 1 unspecified atom stereocenters. The number of imidazole rings is 1. The zero-order chi connectivity index (χ0) is 26.1. The molecule has 2 aliphatic heterocycles. The summed E-state index contributed by atoms with van der Waals surface area (Å²) in [5, 5.41) is 0.0654. The Bertz CT molecular complexity index is 1520. The minimum absolute atomic E-state index is 0.0144. The summed E-state index contributed by atoms with van der Waals surface area (Å²) in [4.78, 5) is 30.4. The summed E-state index contributed by atoms with van der Waals surface area (Å²) in [6.07, 6.45) is 1.91. The molecular weight excluding hydrogens is 498 g/mol. The van der Waals surface area contributed by atoms with Crippen LogP contribution in [0.1, 0.15) is 51.2 Å². The van der Waals surface area contributed by atoms with E-state index >= 15 is 0 Å². The lowest BCUT2D eigenvalue weighted by molar-refractivity contribution is 0.0600. The number of aromatic amines is 1. The van der Waals surface area contributed by atoms with E-state index in [4.69, 9.17) is 9.47 Å². The molecule has 196 valence electrons. The number of carbonyl (C=O) groups is 1. The number of ether oxygens (including phenoxy) is 2. The van der Waals surface area contributed by atoms with Crippen molar-refractivity contribution >= 4 is 28.8 Å². The summed E-state index contributed by atoms with van der Waals surface area (Å²) >= 11 is 1.89. The lowest BCUT2D eigenvalue weighted by atomic mass is 9.98. The number of benzene rings is 3. The fourth-order valence-electron chi connectivity index (χ4n) is 5.69. The number of nitrogens with zero attached hydrogens (tertiary/aromatic N) is 2. The first-order valence-electron chi connectivity index (χ1n) is 13.1. The second-order valence-electron chi connectivity index (χ2n) is 9.87. The molecule has 7 nitrogen and oxygen atoms in total. The van der Waals surface area contributed by atoms with Gasteiger partial charge in [-0.05, 0) is 54.3 Å². The molecular formula is C30H31N3O4S. The molecule has 3 heterocycles. The van der Waals surface area contributed by atoms with Crippen molar-refractivity contribution in [1.82, 2.24) is 14.5 Å². The number of rotatable bonds is 6. The van der Waals surface area contributed by atoms with Gasteiger partial charge < -0.3 is 19.4 Å². The Morgan fingerprint density at radius 2 is 1.84 bits per heavy atom. The number of aromatic nitrogens is 2. The Kier molecular flexibility index (Phi) is 7.00. The van der Waals surface area contributed by atoms with E-state index in [2.05, 4.69) is 28.1 Å². The minimum Gasteiger partial charge on any atom is -0.489 e. The molecule has 1 aromatic heterocycles. The molecule has 1 N–H and O–H groups in total. The molecule has 8 heteroatoms. The van der Waals surface area contributed by atoms with Crippen LogP contribution >= 0.6 is 11.8 Å². The van der Waals surface area contributed by atoms with Gasteiger partial charge in [0.05, 0.1) is 29.0 Å². The van der Waals surface area contributed by atoms with E-state index in [0.717, 1.165) is 60.6 Å². The van der Waals surface area contributed by atoms with Gasteiger partial charge in [0.2, 0.25) is 0 Å². The van der Waals surface area contributed by atoms with Gasteiger partial charge in [0, 0.05) is 37.0 Å². The average Bonchev–Trinajstić information content (AvgIpc) is 3.21. The standard InChI is InChI=1S/C30H31N3O4S/c1-36-29(34)20-10-11-27-24(18-20)28(23-7-3-2-6-21(23)19-37-27)38-17-16-32-14-12-22(13-15-32)33-26-9-5-4-8-25(26)31-30(33)35/h2-11,18,22,28H,12-17,19H2,1H3,(H,31,35). The van der Waals surface area contributed by atoms with E-state index in [9.17, 15) is 9.59 Å². The van der Waals surface area contributed by atoms with Gasteiger partial charge in [-0.25, -0.2) is 9.59 Å². The third-order valence-electron chi connectivity index (χ3n) is 7.67. The summed E-state index contributed by atoms with van der Waals surface area (Å²) in [5.41, 5.74) is 5.83. The molecule has 0 saturated carbocycles. The summed E-state index contributed by atoms with van der Waals surface area (Å²) in [6, 6.07) is 22.1. The number of esters is 1. The monoisotopic (exact) mass is 529 g/mol. The number of likely N-dealkylation sites (tertiary alicyclic amines) is 1. The van der Waals surface area contributed by atoms with Crippen LogP contribution in [0.2, 0.25) is 0 Å². The number of hydrogen-bond donors (Lipinski definition) is 1. The first kappa shape index (κ1) is 24.8. The summed E-state index contributed by atoms with van der Waals surface area (Å²) < 4.78 is 13.1. The summed E-state index contributed by atoms with van der Waals surface area (Å²) in [5.74, 6) is 1.42. The largest absolute Gasteiger partial charge is 0.489 e. The second kappa shape index (κ2) is 10.7. The number of hydrogen-bond acceptors (Lipinski definition) is 6. The molecule has 6 rings (SSSR count). The van der Waals surface area contributed by atoms with E-state index < -0.39 is 0 Å². The lowest BCUT2D eigenvalue weighted by Gasteiger charge is -2.32. The third kappa shape index (κ3) is 4.74. The SMILES string of the molecule is COC(=O)c1ccc2c(c1)C(SCCN1CCC(n3c(=O)[nH]c4ccccc43)CC1)c1ccccc1CO2. The third-order valence-corrected chi connectivity index (χ3v) is 8.93. The van der Waals surface area contributed by atoms with Crippen molar-refractivity contribution in [2.24, 2.45) is 0 Å². The van der Waals surface area contributed by atoms with E-state index in [0.29, 0.717) is 12.2 Å². The number of piperidine rings is 1. The van der Waals surface area contributed by atoms with E-state index in [-0.39, 0.29) is 23.0 Å². The van der Waals surface area contributed by atoms with Crippen molar-refractivity contribution in [1.29, 1.82) is 0 Å². The molecule has 1 atom stereocenters. The van der Waals surface area contributed by atoms with Gasteiger partial charge in [-0.1, -0.05) is 36.4 Å². The number of thioether (sulfide) groups is 1. The topological polar surface area (TPSA) is 76.6 Å². The molecule has 2 aliphatic rings. The van der Waals surface area contributed by atoms with Crippen molar-refractivity contribution in [2.45, 2.75) is 30.7 Å². The summed E-state index contributed by atoms with van der Waals surface area (Å²) in [6.45, 7) is 3.40. The number of methoxy groups -OCH3 is 1. The zero-order valence-electron chi connectivity index (χ0n) is 21.4. The lowest BCUT2D eigenvalue weighted by Crippen LogP contribution is -2.38. The van der Waals surface area contributed by atoms with Gasteiger partial charge in [-0.2, -0.15) is 0 Å². The van der Waals surface area contributed by atoms with Crippen LogP contribution < -0.4 is 10.4 Å². The fraction of sp³-hybridized carbons (Fsp3) is 0.333. The van der Waals surface area contributed by atoms with Gasteiger partial charge in [0.15, 0.2) is 0 Å². The number of carbonyl (C=O) groups excluding carboxylic acids is 1. The van der Waals surface area contributed by atoms with Gasteiger partial charge in [0.25, 0.3) is 0 Å². The van der Waals surface area contributed by atoms with Gasteiger partial charge in [0.1, 0.15) is 12.4 Å². The second-order valence-corrected chi connectivity index (χ2v) is 11.1. The van der Waals surface area contributed by atoms with Crippen LogP contribution in [0.4, 0.5) is 0 Å². The maximum Gasteiger partial charge on any atom is 0.337 e. The normalized spacial score (nSPS) is 17.9. The Hall–Kier alpha value is -3.49. The molecule has 38 heavy (non-hydrogen) atoms. The molecule has 0 aliphatic carbocycles. The van der Waals surface area contributed by atoms with Crippen LogP contribution in [-0.2, 0) is 11.3 Å². The number of H-pyrrole nitrogens is 1. The van der Waals surface area contributed by atoms with Gasteiger partial charge >= 0.3 is 11.7 Å². The Morgan fingerprint density at radius 1 is 1.05 bits per heavy atom. The zero-order valence-corrected chi connectivity index (χ0v) is 22.2. The van der Waals surface area contributed by atoms with Crippen LogP contribution in [0.15, 0.2) is 71.5 Å². The smallest absolute Gasteiger partial charge is 0.337 e. The average molecular weight is 530 g/mol. The first-order valence-corrected chi connectivity index (χ1v) is 14.1. The van der Waals surface area contributed by atoms with Crippen LogP contribution in [0.5, 0.6) is 5.75 Å². The Balaban J connectivity index is 1.15. The van der Waals surface area contributed by atoms with E-state index in [1.54, 1.807) is 6.07 Å². The maximum atomic E-state index is 12.6. The van der Waals surface area contributed by atoms with E-state index in [1.165, 1.54) is 18.2 Å². The first-order chi connectivity index (χ1) is 18.6. The van der Waals surface area contributed by atoms with Crippen LogP contribution in [-0.4, -0.2) is 52.9 Å². The summed E-state index contributed by atoms with van der Waals surface area (Å²) in [7, 11) is 1.41. The van der Waals surface area contributed by atoms with Crippen molar-refractivity contribution < 1.29 is 14.3 Å². The predicted molar refractivity (Wildman–Crippen MR) is 150 cm³/mol. The Labute approximate surface area is 225 Å². The molecule has 4 aromatic rings. The van der Waals surface area contributed by atoms with Crippen LogP contribution in [0, 0.1) is 0 Å². The molecule has 0 radical (unpaired) electrons. The highest BCUT2D eigenvalue weighted by Gasteiger charge is 2.28. The highest BCUT2D eigenvalue weighted by atomic mass is 32.2. The van der Waals surface area contributed by atoms with Crippen molar-refractivity contribution in [2.75, 3.05) is 32.5 Å². The fourth-order valence-corrected chi connectivity index (χ4v) is 7.06. The predicted octanol–water partition coefficient (Wildman–Crippen LogP) is 5.17. The van der Waals surface area contributed by atoms with Gasteiger partial charge in [-0.3, -0.25) is 4.57 Å². The van der Waals surface area contributed by atoms with Crippen LogP contribution in [0.3, 0.4) is 0 Å². The van der Waals surface area contributed by atoms with Crippen LogP contribution in [0.25, 0.3) is 11.0 Å². The molecule has 0 amide bonds. The quantitative estimate of drug-likeness (QED) is 0.348. The van der Waals surface area contributed by atoms with Crippen molar-refractivity contribution in [3.05, 3.63) is 99.5 Å². The van der Waals surface area contributed by atoms with Gasteiger partial charge in [-0.15, -0.1) is 11.8 Å². The number of fused-ring (bicyclic) bond motifs is 3. The van der Waals surface area contributed by atoms with E-state index in [1.807, 2.05) is 58.8 Å². The molecule has 1 saturated heterocycles.